The normalized spacial score (nSPS) is 16.8. The number of anilines is 2. The summed E-state index contributed by atoms with van der Waals surface area (Å²) in [6, 6.07) is 12.8. The first kappa shape index (κ1) is 16.4. The molecule has 1 unspecified atom stereocenters. The van der Waals surface area contributed by atoms with E-state index in [4.69, 9.17) is 0 Å². The lowest BCUT2D eigenvalue weighted by Crippen LogP contribution is -2.39. The largest absolute Gasteiger partial charge is 0.418 e. The molecule has 1 atom stereocenters. The molecule has 1 heterocycles. The second-order valence-corrected chi connectivity index (χ2v) is 5.84. The summed E-state index contributed by atoms with van der Waals surface area (Å²) in [6.45, 7) is 1.74. The summed E-state index contributed by atoms with van der Waals surface area (Å²) in [4.78, 5) is 14.2. The van der Waals surface area contributed by atoms with Gasteiger partial charge < -0.3 is 10.2 Å². The van der Waals surface area contributed by atoms with Crippen LogP contribution in [0.25, 0.3) is 0 Å². The Hall–Kier alpha value is -2.50. The number of hydrogen-bond acceptors (Lipinski definition) is 2. The van der Waals surface area contributed by atoms with Crippen LogP contribution in [0.1, 0.15) is 18.1 Å². The minimum Gasteiger partial charge on any atom is -0.376 e. The van der Waals surface area contributed by atoms with Gasteiger partial charge in [0, 0.05) is 17.4 Å². The van der Waals surface area contributed by atoms with E-state index in [0.29, 0.717) is 0 Å². The third-order valence-electron chi connectivity index (χ3n) is 4.14. The topological polar surface area (TPSA) is 32.3 Å². The van der Waals surface area contributed by atoms with Gasteiger partial charge in [-0.2, -0.15) is 13.2 Å². The van der Waals surface area contributed by atoms with Crippen LogP contribution in [-0.2, 0) is 17.4 Å². The molecule has 3 nitrogen and oxygen atoms in total. The number of para-hydroxylation sites is 2. The molecule has 0 radical (unpaired) electrons. The molecular formula is C18H17F3N2O. The van der Waals surface area contributed by atoms with Gasteiger partial charge in [0.1, 0.15) is 0 Å². The summed E-state index contributed by atoms with van der Waals surface area (Å²) in [6.07, 6.45) is -3.71. The molecule has 1 aliphatic heterocycles. The van der Waals surface area contributed by atoms with E-state index in [9.17, 15) is 18.0 Å². The number of carbonyl (C=O) groups is 1. The van der Waals surface area contributed by atoms with Crippen LogP contribution in [0.4, 0.5) is 24.5 Å². The molecule has 0 aliphatic carbocycles. The Balaban J connectivity index is 1.76. The third kappa shape index (κ3) is 3.09. The van der Waals surface area contributed by atoms with Crippen molar-refractivity contribution in [1.82, 2.24) is 0 Å². The first-order chi connectivity index (χ1) is 11.4. The van der Waals surface area contributed by atoms with Crippen molar-refractivity contribution in [3.05, 3.63) is 59.7 Å². The molecule has 2 aromatic rings. The van der Waals surface area contributed by atoms with Crippen LogP contribution in [0.3, 0.4) is 0 Å². The number of alkyl halides is 3. The summed E-state index contributed by atoms with van der Waals surface area (Å²) < 4.78 is 39.0. The number of amides is 1. The predicted molar refractivity (Wildman–Crippen MR) is 87.0 cm³/mol. The molecule has 0 bridgehead atoms. The van der Waals surface area contributed by atoms with Gasteiger partial charge >= 0.3 is 6.18 Å². The van der Waals surface area contributed by atoms with Crippen LogP contribution < -0.4 is 10.2 Å². The van der Waals surface area contributed by atoms with E-state index in [1.54, 1.807) is 4.90 Å². The van der Waals surface area contributed by atoms with Gasteiger partial charge in [-0.1, -0.05) is 30.3 Å². The van der Waals surface area contributed by atoms with Crippen LogP contribution in [-0.4, -0.2) is 18.5 Å². The van der Waals surface area contributed by atoms with E-state index in [1.165, 1.54) is 18.2 Å². The van der Waals surface area contributed by atoms with Gasteiger partial charge in [0.2, 0.25) is 5.91 Å². The molecule has 0 aromatic heterocycles. The molecule has 0 spiro atoms. The van der Waals surface area contributed by atoms with E-state index >= 15 is 0 Å². The number of benzene rings is 2. The number of fused-ring (bicyclic) bond motifs is 1. The molecule has 3 rings (SSSR count). The number of carbonyl (C=O) groups excluding carboxylic acids is 1. The highest BCUT2D eigenvalue weighted by Crippen LogP contribution is 2.35. The summed E-state index contributed by atoms with van der Waals surface area (Å²) >= 11 is 0. The fraction of sp³-hybridized carbons (Fsp3) is 0.278. The SMILES string of the molecule is CC1Cc2ccccc2N1C(=O)CNc1ccccc1C(F)(F)F. The van der Waals surface area contributed by atoms with Crippen molar-refractivity contribution in [1.29, 1.82) is 0 Å². The minimum absolute atomic E-state index is 0.00504. The monoisotopic (exact) mass is 334 g/mol. The Bertz CT molecular complexity index is 758. The average molecular weight is 334 g/mol. The molecule has 126 valence electrons. The number of nitrogens with zero attached hydrogens (tertiary/aromatic N) is 1. The molecule has 1 amide bonds. The van der Waals surface area contributed by atoms with Crippen LogP contribution in [0, 0.1) is 0 Å². The van der Waals surface area contributed by atoms with Gasteiger partial charge in [-0.3, -0.25) is 4.79 Å². The van der Waals surface area contributed by atoms with Crippen molar-refractivity contribution in [2.24, 2.45) is 0 Å². The Labute approximate surface area is 138 Å². The van der Waals surface area contributed by atoms with Crippen molar-refractivity contribution in [3.8, 4) is 0 Å². The third-order valence-corrected chi connectivity index (χ3v) is 4.14. The zero-order valence-electron chi connectivity index (χ0n) is 13.1. The smallest absolute Gasteiger partial charge is 0.376 e. The van der Waals surface area contributed by atoms with Crippen LogP contribution in [0.15, 0.2) is 48.5 Å². The highest BCUT2D eigenvalue weighted by Gasteiger charge is 2.34. The van der Waals surface area contributed by atoms with Crippen molar-refractivity contribution in [2.75, 3.05) is 16.8 Å². The summed E-state index contributed by atoms with van der Waals surface area (Å²) in [5.74, 6) is -0.246. The maximum absolute atomic E-state index is 13.0. The summed E-state index contributed by atoms with van der Waals surface area (Å²) in [5, 5.41) is 2.64. The van der Waals surface area contributed by atoms with Gasteiger partial charge in [-0.15, -0.1) is 0 Å². The van der Waals surface area contributed by atoms with Gasteiger partial charge in [0.05, 0.1) is 12.1 Å². The first-order valence-electron chi connectivity index (χ1n) is 7.68. The Morgan fingerprint density at radius 2 is 1.83 bits per heavy atom. The van der Waals surface area contributed by atoms with Crippen molar-refractivity contribution < 1.29 is 18.0 Å². The highest BCUT2D eigenvalue weighted by molar-refractivity contribution is 5.98. The molecule has 2 aromatic carbocycles. The Morgan fingerprint density at radius 1 is 1.17 bits per heavy atom. The second-order valence-electron chi connectivity index (χ2n) is 5.84. The molecule has 6 heteroatoms. The predicted octanol–water partition coefficient (Wildman–Crippen LogP) is 4.10. The highest BCUT2D eigenvalue weighted by atomic mass is 19.4. The zero-order valence-corrected chi connectivity index (χ0v) is 13.1. The Morgan fingerprint density at radius 3 is 2.58 bits per heavy atom. The van der Waals surface area contributed by atoms with E-state index in [2.05, 4.69) is 5.32 Å². The molecule has 1 N–H and O–H groups in total. The standard InChI is InChI=1S/C18H17F3N2O/c1-12-10-13-6-2-5-9-16(13)23(12)17(24)11-22-15-8-4-3-7-14(15)18(19,20)21/h2-9,12,22H,10-11H2,1H3. The molecule has 0 fully saturated rings. The molecule has 1 aliphatic rings. The number of halogens is 3. The molecular weight excluding hydrogens is 317 g/mol. The number of nitrogens with one attached hydrogen (secondary N) is 1. The van der Waals surface area contributed by atoms with Crippen LogP contribution >= 0.6 is 0 Å². The Kier molecular flexibility index (Phi) is 4.22. The maximum atomic E-state index is 13.0. The van der Waals surface area contributed by atoms with E-state index in [0.717, 1.165) is 23.7 Å². The number of rotatable bonds is 3. The molecule has 0 saturated carbocycles. The van der Waals surface area contributed by atoms with Gasteiger partial charge in [0.25, 0.3) is 0 Å². The summed E-state index contributed by atoms with van der Waals surface area (Å²) in [7, 11) is 0. The van der Waals surface area contributed by atoms with E-state index < -0.39 is 11.7 Å². The lowest BCUT2D eigenvalue weighted by atomic mass is 10.1. The fourth-order valence-corrected chi connectivity index (χ4v) is 3.09. The molecule has 0 saturated heterocycles. The van der Waals surface area contributed by atoms with Gasteiger partial charge in [-0.25, -0.2) is 0 Å². The fourth-order valence-electron chi connectivity index (χ4n) is 3.09. The average Bonchev–Trinajstić information content (AvgIpc) is 2.88. The van der Waals surface area contributed by atoms with Crippen LogP contribution in [0.2, 0.25) is 0 Å². The van der Waals surface area contributed by atoms with Gasteiger partial charge in [0.15, 0.2) is 0 Å². The van der Waals surface area contributed by atoms with Crippen molar-refractivity contribution in [2.45, 2.75) is 25.6 Å². The lowest BCUT2D eigenvalue weighted by molar-refractivity contribution is -0.137. The summed E-state index contributed by atoms with van der Waals surface area (Å²) in [5.41, 5.74) is 1.06. The quantitative estimate of drug-likeness (QED) is 0.917. The van der Waals surface area contributed by atoms with Crippen LogP contribution in [0.5, 0.6) is 0 Å². The van der Waals surface area contributed by atoms with Crippen molar-refractivity contribution >= 4 is 17.3 Å². The molecule has 24 heavy (non-hydrogen) atoms. The maximum Gasteiger partial charge on any atom is 0.418 e. The number of hydrogen-bond donors (Lipinski definition) is 1. The van der Waals surface area contributed by atoms with E-state index in [1.807, 2.05) is 31.2 Å². The zero-order chi connectivity index (χ0) is 17.3. The van der Waals surface area contributed by atoms with Crippen molar-refractivity contribution in [3.63, 3.8) is 0 Å². The second kappa shape index (κ2) is 6.19. The minimum atomic E-state index is -4.46. The van der Waals surface area contributed by atoms with E-state index in [-0.39, 0.29) is 24.2 Å². The lowest BCUT2D eigenvalue weighted by Gasteiger charge is -2.23. The van der Waals surface area contributed by atoms with Gasteiger partial charge in [-0.05, 0) is 37.1 Å². The first-order valence-corrected chi connectivity index (χ1v) is 7.68.